The molecule has 0 aliphatic carbocycles. The molecule has 0 aromatic carbocycles. The number of thiazole rings is 1. The minimum atomic E-state index is -0.300. The highest BCUT2D eigenvalue weighted by atomic mass is 32.1. The van der Waals surface area contributed by atoms with Gasteiger partial charge in [0.25, 0.3) is 0 Å². The first-order chi connectivity index (χ1) is 8.65. The van der Waals surface area contributed by atoms with Crippen molar-refractivity contribution >= 4 is 17.4 Å². The number of nitrogens with zero attached hydrogens (tertiary/aromatic N) is 2. The Hall–Kier alpha value is -1.14. The fourth-order valence-electron chi connectivity index (χ4n) is 2.23. The van der Waals surface area contributed by atoms with Crippen molar-refractivity contribution in [2.24, 2.45) is 5.73 Å². The van der Waals surface area contributed by atoms with Gasteiger partial charge in [-0.05, 0) is 19.8 Å². The number of nitrogens with one attached hydrogen (secondary N) is 1. The second-order valence-corrected chi connectivity index (χ2v) is 5.72. The van der Waals surface area contributed by atoms with E-state index in [0.29, 0.717) is 6.04 Å². The molecule has 0 saturated carbocycles. The Kier molecular flexibility index (Phi) is 4.54. The van der Waals surface area contributed by atoms with E-state index in [9.17, 15) is 4.79 Å². The lowest BCUT2D eigenvalue weighted by molar-refractivity contribution is 0.185. The highest BCUT2D eigenvalue weighted by Gasteiger charge is 2.20. The van der Waals surface area contributed by atoms with E-state index in [1.165, 1.54) is 5.69 Å². The molecule has 6 heteroatoms. The number of likely N-dealkylation sites (tertiary alicyclic amines) is 1. The van der Waals surface area contributed by atoms with Crippen LogP contribution in [0.2, 0.25) is 0 Å². The Morgan fingerprint density at radius 1 is 1.61 bits per heavy atom. The van der Waals surface area contributed by atoms with Crippen LogP contribution >= 0.6 is 11.3 Å². The van der Waals surface area contributed by atoms with Crippen LogP contribution < -0.4 is 11.1 Å². The summed E-state index contributed by atoms with van der Waals surface area (Å²) in [7, 11) is 0. The normalized spacial score (nSPS) is 17.1. The standard InChI is InChI=1S/C12H20N4OS/c1-9-15-11(8-18-9)2-5-14-10-3-6-16(7-4-10)12(13)17/h8,10,14H,2-7H2,1H3,(H2,13,17). The van der Waals surface area contributed by atoms with Crippen LogP contribution in [-0.4, -0.2) is 41.6 Å². The fourth-order valence-corrected chi connectivity index (χ4v) is 2.88. The number of amides is 2. The van der Waals surface area contributed by atoms with E-state index in [1.54, 1.807) is 16.2 Å². The lowest BCUT2D eigenvalue weighted by Gasteiger charge is -2.31. The van der Waals surface area contributed by atoms with Crippen LogP contribution in [0, 0.1) is 6.92 Å². The first-order valence-corrected chi connectivity index (χ1v) is 7.22. The predicted molar refractivity (Wildman–Crippen MR) is 72.7 cm³/mol. The number of nitrogens with two attached hydrogens (primary N) is 1. The molecule has 2 amide bonds. The zero-order chi connectivity index (χ0) is 13.0. The number of hydrogen-bond donors (Lipinski definition) is 2. The molecule has 1 saturated heterocycles. The maximum atomic E-state index is 11.0. The number of hydrogen-bond acceptors (Lipinski definition) is 4. The van der Waals surface area contributed by atoms with Gasteiger partial charge in [0.15, 0.2) is 0 Å². The molecule has 1 fully saturated rings. The molecule has 2 rings (SSSR count). The summed E-state index contributed by atoms with van der Waals surface area (Å²) in [5.41, 5.74) is 6.42. The van der Waals surface area contributed by atoms with Gasteiger partial charge in [0.1, 0.15) is 0 Å². The molecule has 3 N–H and O–H groups in total. The molecular weight excluding hydrogens is 248 g/mol. The van der Waals surface area contributed by atoms with E-state index in [0.717, 1.165) is 43.9 Å². The summed E-state index contributed by atoms with van der Waals surface area (Å²) in [5, 5.41) is 6.77. The molecule has 0 spiro atoms. The number of aryl methyl sites for hydroxylation is 1. The number of piperidine rings is 1. The Balaban J connectivity index is 1.65. The second kappa shape index (κ2) is 6.15. The van der Waals surface area contributed by atoms with E-state index >= 15 is 0 Å². The average molecular weight is 268 g/mol. The number of rotatable bonds is 4. The topological polar surface area (TPSA) is 71.2 Å². The SMILES string of the molecule is Cc1nc(CCNC2CCN(C(N)=O)CC2)cs1. The Morgan fingerprint density at radius 2 is 2.33 bits per heavy atom. The van der Waals surface area contributed by atoms with Crippen molar-refractivity contribution in [3.8, 4) is 0 Å². The van der Waals surface area contributed by atoms with Crippen molar-refractivity contribution in [1.29, 1.82) is 0 Å². The first kappa shape index (κ1) is 13.3. The molecule has 0 atom stereocenters. The minimum Gasteiger partial charge on any atom is -0.351 e. The van der Waals surface area contributed by atoms with Crippen molar-refractivity contribution in [1.82, 2.24) is 15.2 Å². The van der Waals surface area contributed by atoms with Crippen LogP contribution in [0.1, 0.15) is 23.5 Å². The lowest BCUT2D eigenvalue weighted by Crippen LogP contribution is -2.47. The largest absolute Gasteiger partial charge is 0.351 e. The second-order valence-electron chi connectivity index (χ2n) is 4.66. The van der Waals surface area contributed by atoms with Crippen molar-refractivity contribution < 1.29 is 4.79 Å². The maximum Gasteiger partial charge on any atom is 0.314 e. The van der Waals surface area contributed by atoms with Gasteiger partial charge < -0.3 is 16.0 Å². The number of carbonyl (C=O) groups excluding carboxylic acids is 1. The van der Waals surface area contributed by atoms with Crippen LogP contribution in [0.4, 0.5) is 4.79 Å². The molecule has 1 aromatic heterocycles. The molecule has 0 radical (unpaired) electrons. The number of primary amides is 1. The predicted octanol–water partition coefficient (Wildman–Crippen LogP) is 1.13. The van der Waals surface area contributed by atoms with Crippen LogP contribution in [0.15, 0.2) is 5.38 Å². The van der Waals surface area contributed by atoms with E-state index in [2.05, 4.69) is 15.7 Å². The Labute approximate surface area is 111 Å². The summed E-state index contributed by atoms with van der Waals surface area (Å²) in [6.07, 6.45) is 2.94. The Morgan fingerprint density at radius 3 is 2.89 bits per heavy atom. The Bertz CT molecular complexity index is 399. The number of aromatic nitrogens is 1. The summed E-state index contributed by atoms with van der Waals surface area (Å²) in [6, 6.07) is 0.201. The van der Waals surface area contributed by atoms with Gasteiger partial charge in [-0.1, -0.05) is 0 Å². The summed E-state index contributed by atoms with van der Waals surface area (Å²) >= 11 is 1.70. The highest BCUT2D eigenvalue weighted by Crippen LogP contribution is 2.11. The van der Waals surface area contributed by atoms with Gasteiger partial charge in [-0.15, -0.1) is 11.3 Å². The van der Waals surface area contributed by atoms with E-state index in [1.807, 2.05) is 6.92 Å². The van der Waals surface area contributed by atoms with Crippen LogP contribution in [0.5, 0.6) is 0 Å². The van der Waals surface area contributed by atoms with Crippen molar-refractivity contribution in [3.63, 3.8) is 0 Å². The number of urea groups is 1. The number of carbonyl (C=O) groups is 1. The molecule has 1 aliphatic heterocycles. The average Bonchev–Trinajstić information content (AvgIpc) is 2.76. The summed E-state index contributed by atoms with van der Waals surface area (Å²) < 4.78 is 0. The third kappa shape index (κ3) is 3.68. The molecular formula is C12H20N4OS. The lowest BCUT2D eigenvalue weighted by atomic mass is 10.1. The van der Waals surface area contributed by atoms with Gasteiger partial charge in [0, 0.05) is 37.5 Å². The van der Waals surface area contributed by atoms with Crippen LogP contribution in [0.3, 0.4) is 0 Å². The molecule has 100 valence electrons. The fraction of sp³-hybridized carbons (Fsp3) is 0.667. The highest BCUT2D eigenvalue weighted by molar-refractivity contribution is 7.09. The van der Waals surface area contributed by atoms with Crippen molar-refractivity contribution in [2.45, 2.75) is 32.2 Å². The first-order valence-electron chi connectivity index (χ1n) is 6.34. The van der Waals surface area contributed by atoms with E-state index in [4.69, 9.17) is 5.73 Å². The van der Waals surface area contributed by atoms with Crippen molar-refractivity contribution in [3.05, 3.63) is 16.1 Å². The molecule has 2 heterocycles. The van der Waals surface area contributed by atoms with E-state index in [-0.39, 0.29) is 6.03 Å². The molecule has 0 unspecified atom stereocenters. The zero-order valence-electron chi connectivity index (χ0n) is 10.7. The molecule has 0 bridgehead atoms. The monoisotopic (exact) mass is 268 g/mol. The van der Waals surface area contributed by atoms with Gasteiger partial charge in [-0.25, -0.2) is 9.78 Å². The zero-order valence-corrected chi connectivity index (χ0v) is 11.5. The minimum absolute atomic E-state index is 0.300. The molecule has 1 aliphatic rings. The van der Waals surface area contributed by atoms with Crippen LogP contribution in [0.25, 0.3) is 0 Å². The molecule has 1 aromatic rings. The van der Waals surface area contributed by atoms with E-state index < -0.39 is 0 Å². The van der Waals surface area contributed by atoms with Crippen molar-refractivity contribution in [2.75, 3.05) is 19.6 Å². The smallest absolute Gasteiger partial charge is 0.314 e. The van der Waals surface area contributed by atoms with Gasteiger partial charge >= 0.3 is 6.03 Å². The third-order valence-electron chi connectivity index (χ3n) is 3.29. The maximum absolute atomic E-state index is 11.0. The van der Waals surface area contributed by atoms with Gasteiger partial charge in [-0.2, -0.15) is 0 Å². The summed E-state index contributed by atoms with van der Waals surface area (Å²) in [4.78, 5) is 17.1. The van der Waals surface area contributed by atoms with Gasteiger partial charge in [0.2, 0.25) is 0 Å². The molecule has 18 heavy (non-hydrogen) atoms. The quantitative estimate of drug-likeness (QED) is 0.860. The van der Waals surface area contributed by atoms with Gasteiger partial charge in [-0.3, -0.25) is 0 Å². The summed E-state index contributed by atoms with van der Waals surface area (Å²) in [6.45, 7) is 4.51. The van der Waals surface area contributed by atoms with Crippen LogP contribution in [-0.2, 0) is 6.42 Å². The third-order valence-corrected chi connectivity index (χ3v) is 4.11. The van der Waals surface area contributed by atoms with Gasteiger partial charge in [0.05, 0.1) is 10.7 Å². The summed E-state index contributed by atoms with van der Waals surface area (Å²) in [5.74, 6) is 0. The molecule has 5 nitrogen and oxygen atoms in total.